The Bertz CT molecular complexity index is 4340. The third-order valence-electron chi connectivity index (χ3n) is 15.0. The quantitative estimate of drug-likeness (QED) is 0.156. The maximum atomic E-state index is 8.92. The van der Waals surface area contributed by atoms with E-state index in [4.69, 9.17) is 19.4 Å². The van der Waals surface area contributed by atoms with Crippen LogP contribution in [0.3, 0.4) is 0 Å². The summed E-state index contributed by atoms with van der Waals surface area (Å²) in [7, 11) is 5.88. The lowest BCUT2D eigenvalue weighted by Gasteiger charge is -2.32. The molecule has 22 heteroatoms. The van der Waals surface area contributed by atoms with Gasteiger partial charge in [-0.25, -0.2) is 0 Å². The van der Waals surface area contributed by atoms with Gasteiger partial charge in [0.2, 0.25) is 0 Å². The van der Waals surface area contributed by atoms with Crippen molar-refractivity contribution in [1.82, 2.24) is 59.1 Å². The van der Waals surface area contributed by atoms with E-state index in [0.29, 0.717) is 5.46 Å². The zero-order valence-electron chi connectivity index (χ0n) is 48.6. The summed E-state index contributed by atoms with van der Waals surface area (Å²) in [5.74, 6) is 0. The van der Waals surface area contributed by atoms with Crippen molar-refractivity contribution >= 4 is 132 Å². The number of hydrogen-bond acceptors (Lipinski definition) is 12. The standard InChI is InChI=1S/C20H24BN3O2.2C14H12BrN3.C8H9BN2O2.C6H5Br2N/c1-13-17(14-7-8-18-15(9-14)11-23-24(18)6)10-16(12-22-13)21-25-19(2,3)20(4,5)26-21;1-9-13(15)6-11(7-16-9)10-3-4-14-12(5-10)8-17-18(14)2;1-9-13(6-12(15)8-16-9)10-3-4-14-11(5-10)7-17-18(14)2;1-11-8-3-2-7(9(12)13)4-6(8)5-10-11;1-4-6(8)2-5(7)3-9-4/h7-12H,1-6H3;2*3-8H,1-2H3;2-5,12-13H,1H3;2-3H,1H3. The van der Waals surface area contributed by atoms with Crippen LogP contribution in [0.4, 0.5) is 0 Å². The van der Waals surface area contributed by atoms with Gasteiger partial charge in [0.05, 0.1) is 69.4 Å². The predicted molar refractivity (Wildman–Crippen MR) is 352 cm³/mol. The maximum absolute atomic E-state index is 8.92. The van der Waals surface area contributed by atoms with Gasteiger partial charge in [0.1, 0.15) is 0 Å². The molecule has 0 atom stereocenters. The lowest BCUT2D eigenvalue weighted by molar-refractivity contribution is 0.00578. The molecule has 0 amide bonds. The first-order valence-corrected chi connectivity index (χ1v) is 29.9. The third-order valence-corrected chi connectivity index (χ3v) is 17.4. The Kier molecular flexibility index (Phi) is 19.0. The van der Waals surface area contributed by atoms with Crippen molar-refractivity contribution in [2.24, 2.45) is 28.2 Å². The fourth-order valence-electron chi connectivity index (χ4n) is 9.24. The highest BCUT2D eigenvalue weighted by Crippen LogP contribution is 2.37. The number of nitrogens with zero attached hydrogens (tertiary/aromatic N) is 12. The molecule has 0 radical (unpaired) electrons. The zero-order chi connectivity index (χ0) is 60.4. The molecule has 0 aliphatic carbocycles. The number of halogens is 4. The first-order chi connectivity index (χ1) is 39.9. The molecule has 0 saturated carbocycles. The van der Waals surface area contributed by atoms with E-state index in [1.165, 1.54) is 5.56 Å². The molecule has 16 nitrogen and oxygen atoms in total. The number of benzene rings is 4. The van der Waals surface area contributed by atoms with E-state index in [2.05, 4.69) is 205 Å². The molecule has 0 spiro atoms. The van der Waals surface area contributed by atoms with Gasteiger partial charge >= 0.3 is 14.2 Å². The fourth-order valence-corrected chi connectivity index (χ4v) is 10.9. The highest BCUT2D eigenvalue weighted by molar-refractivity contribution is 9.11. The molecule has 1 aliphatic rings. The Hall–Kier alpha value is -6.75. The molecule has 1 saturated heterocycles. The maximum Gasteiger partial charge on any atom is 0.496 e. The van der Waals surface area contributed by atoms with E-state index in [0.717, 1.165) is 118 Å². The average molecular weight is 1380 g/mol. The minimum Gasteiger partial charge on any atom is -0.423 e. The van der Waals surface area contributed by atoms with Crippen LogP contribution in [-0.4, -0.2) is 94.5 Å². The molecule has 1 aliphatic heterocycles. The van der Waals surface area contributed by atoms with Crippen molar-refractivity contribution in [2.75, 3.05) is 0 Å². The van der Waals surface area contributed by atoms with E-state index in [9.17, 15) is 0 Å². The Balaban J connectivity index is 0.000000131. The largest absolute Gasteiger partial charge is 0.496 e. The minimum atomic E-state index is -1.41. The van der Waals surface area contributed by atoms with Gasteiger partial charge in [0.25, 0.3) is 0 Å². The Morgan fingerprint density at radius 2 is 0.798 bits per heavy atom. The summed E-state index contributed by atoms with van der Waals surface area (Å²) in [6.07, 6.45) is 14.7. The molecule has 4 aromatic carbocycles. The van der Waals surface area contributed by atoms with Gasteiger partial charge in [-0.15, -0.1) is 0 Å². The Morgan fingerprint density at radius 1 is 0.417 bits per heavy atom. The minimum absolute atomic E-state index is 0.364. The number of pyridine rings is 4. The van der Waals surface area contributed by atoms with E-state index in [1.54, 1.807) is 29.2 Å². The van der Waals surface area contributed by atoms with Crippen LogP contribution < -0.4 is 10.9 Å². The van der Waals surface area contributed by atoms with Crippen molar-refractivity contribution in [1.29, 1.82) is 0 Å². The molecule has 13 rings (SSSR count). The second-order valence-electron chi connectivity index (χ2n) is 21.4. The monoisotopic (exact) mass is 1380 g/mol. The summed E-state index contributed by atoms with van der Waals surface area (Å²) < 4.78 is 23.8. The SMILES string of the molecule is Cc1ncc(-c2ccc3c(cnn3C)c2)cc1Br.Cc1ncc(B2OC(C)(C)C(C)(C)O2)cc1-c1ccc2c(cnn2C)c1.Cc1ncc(Br)cc1-c1ccc2c(cnn2C)c1.Cc1ncc(Br)cc1Br.Cn1ncc2cc(B(O)O)ccc21. The smallest absolute Gasteiger partial charge is 0.423 e. The first kappa shape index (κ1) is 61.8. The molecule has 0 unspecified atom stereocenters. The molecule has 84 heavy (non-hydrogen) atoms. The summed E-state index contributed by atoms with van der Waals surface area (Å²) in [5.41, 5.74) is 15.9. The van der Waals surface area contributed by atoms with Crippen molar-refractivity contribution in [2.45, 2.75) is 66.6 Å². The van der Waals surface area contributed by atoms with Gasteiger partial charge in [0.15, 0.2) is 0 Å². The topological polar surface area (TPSA) is 182 Å². The number of rotatable bonds is 5. The summed E-state index contributed by atoms with van der Waals surface area (Å²) in [4.78, 5) is 17.4. The molecule has 2 N–H and O–H groups in total. The highest BCUT2D eigenvalue weighted by Gasteiger charge is 2.52. The zero-order valence-corrected chi connectivity index (χ0v) is 54.9. The predicted octanol–water partition coefficient (Wildman–Crippen LogP) is 12.8. The number of aromatic nitrogens is 12. The van der Waals surface area contributed by atoms with Gasteiger partial charge in [-0.05, 0) is 202 Å². The van der Waals surface area contributed by atoms with Gasteiger partial charge in [-0.2, -0.15) is 20.4 Å². The number of aryl methyl sites for hydroxylation is 8. The van der Waals surface area contributed by atoms with Crippen LogP contribution in [0, 0.1) is 27.7 Å². The lowest BCUT2D eigenvalue weighted by atomic mass is 9.79. The Labute approximate surface area is 522 Å². The number of fused-ring (bicyclic) bond motifs is 4. The molecular formula is C62H62B2Br4N12O4. The van der Waals surface area contributed by atoms with Crippen molar-refractivity contribution in [3.05, 3.63) is 187 Å². The van der Waals surface area contributed by atoms with Crippen molar-refractivity contribution < 1.29 is 19.4 Å². The van der Waals surface area contributed by atoms with Crippen LogP contribution in [0.15, 0.2) is 165 Å². The van der Waals surface area contributed by atoms with E-state index in [1.807, 2.05) is 119 Å². The van der Waals surface area contributed by atoms with E-state index in [-0.39, 0.29) is 11.2 Å². The summed E-state index contributed by atoms with van der Waals surface area (Å²) >= 11 is 13.6. The van der Waals surface area contributed by atoms with Gasteiger partial charge in [-0.1, -0.05) is 36.4 Å². The fraction of sp³-hybridized carbons (Fsp3) is 0.226. The molecular weight excluding hydrogens is 1320 g/mol. The van der Waals surface area contributed by atoms with Crippen LogP contribution in [-0.2, 0) is 37.5 Å². The van der Waals surface area contributed by atoms with E-state index >= 15 is 0 Å². The molecule has 8 aromatic heterocycles. The molecule has 9 heterocycles. The molecule has 12 aromatic rings. The van der Waals surface area contributed by atoms with Crippen LogP contribution in [0.25, 0.3) is 77.0 Å². The van der Waals surface area contributed by atoms with Crippen LogP contribution >= 0.6 is 63.7 Å². The van der Waals surface area contributed by atoms with Crippen LogP contribution in [0.5, 0.6) is 0 Å². The van der Waals surface area contributed by atoms with E-state index < -0.39 is 14.2 Å². The van der Waals surface area contributed by atoms with Crippen molar-refractivity contribution in [3.8, 4) is 33.4 Å². The molecule has 428 valence electrons. The lowest BCUT2D eigenvalue weighted by Crippen LogP contribution is -2.41. The second kappa shape index (κ2) is 25.8. The third kappa shape index (κ3) is 14.0. The van der Waals surface area contributed by atoms with Crippen molar-refractivity contribution in [3.63, 3.8) is 0 Å². The Morgan fingerprint density at radius 3 is 1.25 bits per heavy atom. The second-order valence-corrected chi connectivity index (χ2v) is 24.9. The molecule has 0 bridgehead atoms. The van der Waals surface area contributed by atoms with Gasteiger partial charge in [0, 0.05) is 126 Å². The highest BCUT2D eigenvalue weighted by atomic mass is 79.9. The van der Waals surface area contributed by atoms with Crippen LogP contribution in [0.1, 0.15) is 50.5 Å². The summed E-state index contributed by atoms with van der Waals surface area (Å²) in [5, 5.41) is 39.0. The number of hydrogen-bond donors (Lipinski definition) is 2. The normalized spacial score (nSPS) is 13.2. The first-order valence-electron chi connectivity index (χ1n) is 26.7. The average Bonchev–Trinajstić information content (AvgIpc) is 4.11. The van der Waals surface area contributed by atoms with Crippen LogP contribution in [0.2, 0.25) is 0 Å². The van der Waals surface area contributed by atoms with Gasteiger partial charge in [-0.3, -0.25) is 38.7 Å². The molecule has 1 fully saturated rings. The summed E-state index contributed by atoms with van der Waals surface area (Å²) in [6.45, 7) is 16.2. The van der Waals surface area contributed by atoms with Gasteiger partial charge < -0.3 is 19.4 Å². The summed E-state index contributed by atoms with van der Waals surface area (Å²) in [6, 6.07) is 32.6.